The van der Waals surface area contributed by atoms with Gasteiger partial charge in [-0.25, -0.2) is 0 Å². The largest absolute Gasteiger partial charge is 0.465 e. The highest BCUT2D eigenvalue weighted by atomic mass is 79.9. The summed E-state index contributed by atoms with van der Waals surface area (Å²) in [5.41, 5.74) is 2.94. The minimum absolute atomic E-state index is 0.222. The lowest BCUT2D eigenvalue weighted by Crippen LogP contribution is -2.15. The zero-order valence-electron chi connectivity index (χ0n) is 10.0. The van der Waals surface area contributed by atoms with E-state index in [2.05, 4.69) is 20.9 Å². The van der Waals surface area contributed by atoms with Crippen LogP contribution < -0.4 is 0 Å². The molecule has 0 aliphatic heterocycles. The Kier molecular flexibility index (Phi) is 4.47. The number of carbonyl (C=O) groups is 1. The van der Waals surface area contributed by atoms with Gasteiger partial charge in [-0.05, 0) is 54.8 Å². The number of hydrogen-bond donors (Lipinski definition) is 0. The number of aromatic nitrogens is 1. The van der Waals surface area contributed by atoms with Crippen molar-refractivity contribution in [3.8, 4) is 0 Å². The third kappa shape index (κ3) is 2.61. The van der Waals surface area contributed by atoms with Crippen molar-refractivity contribution >= 4 is 21.9 Å². The lowest BCUT2D eigenvalue weighted by atomic mass is 10.00. The Labute approximate surface area is 104 Å². The van der Waals surface area contributed by atoms with Gasteiger partial charge in [-0.15, -0.1) is 0 Å². The standard InChI is InChI=1S/C12H16BrNO2/c1-5-16-12(15)9(4)11-8(3)7(2)10(13)6-14-11/h6,9H,5H2,1-4H3. The second kappa shape index (κ2) is 5.43. The second-order valence-electron chi connectivity index (χ2n) is 3.72. The monoisotopic (exact) mass is 285 g/mol. The summed E-state index contributed by atoms with van der Waals surface area (Å²) in [6.07, 6.45) is 1.73. The number of carbonyl (C=O) groups excluding carboxylic acids is 1. The Bertz CT molecular complexity index is 404. The number of halogens is 1. The van der Waals surface area contributed by atoms with Crippen LogP contribution in [-0.4, -0.2) is 17.6 Å². The molecule has 1 heterocycles. The van der Waals surface area contributed by atoms with Gasteiger partial charge in [-0.1, -0.05) is 0 Å². The predicted molar refractivity (Wildman–Crippen MR) is 66.5 cm³/mol. The van der Waals surface area contributed by atoms with Crippen LogP contribution in [0.5, 0.6) is 0 Å². The summed E-state index contributed by atoms with van der Waals surface area (Å²) in [5.74, 6) is -0.536. The molecule has 0 radical (unpaired) electrons. The van der Waals surface area contributed by atoms with E-state index < -0.39 is 0 Å². The van der Waals surface area contributed by atoms with Crippen molar-refractivity contribution in [3.63, 3.8) is 0 Å². The molecule has 0 saturated carbocycles. The molecule has 3 nitrogen and oxygen atoms in total. The first kappa shape index (κ1) is 13.2. The molecule has 0 saturated heterocycles. The van der Waals surface area contributed by atoms with Gasteiger partial charge in [-0.2, -0.15) is 0 Å². The van der Waals surface area contributed by atoms with Crippen LogP contribution in [0.15, 0.2) is 10.7 Å². The van der Waals surface area contributed by atoms with Gasteiger partial charge in [0.15, 0.2) is 0 Å². The predicted octanol–water partition coefficient (Wildman–Crippen LogP) is 3.13. The number of hydrogen-bond acceptors (Lipinski definition) is 3. The molecule has 1 unspecified atom stereocenters. The molecular formula is C12H16BrNO2. The summed E-state index contributed by atoms with van der Waals surface area (Å²) in [5, 5.41) is 0. The van der Waals surface area contributed by atoms with E-state index in [-0.39, 0.29) is 11.9 Å². The zero-order valence-corrected chi connectivity index (χ0v) is 11.6. The van der Waals surface area contributed by atoms with Crippen LogP contribution in [0.2, 0.25) is 0 Å². The molecule has 0 bridgehead atoms. The van der Waals surface area contributed by atoms with E-state index >= 15 is 0 Å². The summed E-state index contributed by atoms with van der Waals surface area (Å²) in [7, 11) is 0. The van der Waals surface area contributed by atoms with Gasteiger partial charge in [-0.3, -0.25) is 9.78 Å². The second-order valence-corrected chi connectivity index (χ2v) is 4.57. The highest BCUT2D eigenvalue weighted by molar-refractivity contribution is 9.10. The van der Waals surface area contributed by atoms with Crippen LogP contribution in [0, 0.1) is 13.8 Å². The molecule has 0 aliphatic carbocycles. The fraction of sp³-hybridized carbons (Fsp3) is 0.500. The third-order valence-electron chi connectivity index (χ3n) is 2.67. The quantitative estimate of drug-likeness (QED) is 0.801. The maximum absolute atomic E-state index is 11.6. The Morgan fingerprint density at radius 2 is 2.12 bits per heavy atom. The number of nitrogens with zero attached hydrogens (tertiary/aromatic N) is 1. The van der Waals surface area contributed by atoms with Gasteiger partial charge in [0.1, 0.15) is 0 Å². The number of rotatable bonds is 3. The van der Waals surface area contributed by atoms with Gasteiger partial charge < -0.3 is 4.74 Å². The van der Waals surface area contributed by atoms with E-state index in [0.29, 0.717) is 6.61 Å². The Morgan fingerprint density at radius 1 is 1.50 bits per heavy atom. The Morgan fingerprint density at radius 3 is 2.69 bits per heavy atom. The molecule has 1 rings (SSSR count). The highest BCUT2D eigenvalue weighted by Gasteiger charge is 2.21. The summed E-state index contributed by atoms with van der Waals surface area (Å²) < 4.78 is 5.96. The summed E-state index contributed by atoms with van der Waals surface area (Å²) >= 11 is 3.42. The minimum atomic E-state index is -0.313. The van der Waals surface area contributed by atoms with E-state index in [0.717, 1.165) is 21.3 Å². The van der Waals surface area contributed by atoms with E-state index in [1.807, 2.05) is 20.8 Å². The van der Waals surface area contributed by atoms with Crippen LogP contribution in [-0.2, 0) is 9.53 Å². The van der Waals surface area contributed by atoms with Crippen molar-refractivity contribution in [2.75, 3.05) is 6.61 Å². The summed E-state index contributed by atoms with van der Waals surface area (Å²) in [4.78, 5) is 15.9. The molecule has 1 atom stereocenters. The molecule has 1 aromatic heterocycles. The molecule has 4 heteroatoms. The van der Waals surface area contributed by atoms with Crippen molar-refractivity contribution < 1.29 is 9.53 Å². The van der Waals surface area contributed by atoms with Crippen molar-refractivity contribution in [1.82, 2.24) is 4.98 Å². The number of ether oxygens (including phenoxy) is 1. The summed E-state index contributed by atoms with van der Waals surface area (Å²) in [6.45, 7) is 8.00. The van der Waals surface area contributed by atoms with Crippen molar-refractivity contribution in [3.05, 3.63) is 27.5 Å². The molecule has 0 amide bonds. The molecule has 0 N–H and O–H groups in total. The topological polar surface area (TPSA) is 39.2 Å². The third-order valence-corrected chi connectivity index (χ3v) is 3.47. The maximum atomic E-state index is 11.6. The lowest BCUT2D eigenvalue weighted by molar-refractivity contribution is -0.144. The zero-order chi connectivity index (χ0) is 12.3. The molecule has 0 spiro atoms. The molecule has 16 heavy (non-hydrogen) atoms. The van der Waals surface area contributed by atoms with Crippen LogP contribution in [0.1, 0.15) is 36.6 Å². The lowest BCUT2D eigenvalue weighted by Gasteiger charge is -2.14. The van der Waals surface area contributed by atoms with Crippen LogP contribution in [0.3, 0.4) is 0 Å². The first-order chi connectivity index (χ1) is 7.49. The average Bonchev–Trinajstić information content (AvgIpc) is 2.26. The Balaban J connectivity index is 3.05. The normalized spacial score (nSPS) is 12.3. The maximum Gasteiger partial charge on any atom is 0.314 e. The number of pyridine rings is 1. The fourth-order valence-electron chi connectivity index (χ4n) is 1.51. The molecule has 0 aromatic carbocycles. The van der Waals surface area contributed by atoms with Crippen molar-refractivity contribution in [2.45, 2.75) is 33.6 Å². The van der Waals surface area contributed by atoms with Crippen LogP contribution in [0.4, 0.5) is 0 Å². The molecular weight excluding hydrogens is 270 g/mol. The molecule has 88 valence electrons. The first-order valence-electron chi connectivity index (χ1n) is 5.27. The molecule has 0 aliphatic rings. The minimum Gasteiger partial charge on any atom is -0.465 e. The smallest absolute Gasteiger partial charge is 0.314 e. The van der Waals surface area contributed by atoms with Gasteiger partial charge >= 0.3 is 5.97 Å². The van der Waals surface area contributed by atoms with E-state index in [9.17, 15) is 4.79 Å². The summed E-state index contributed by atoms with van der Waals surface area (Å²) in [6, 6.07) is 0. The van der Waals surface area contributed by atoms with E-state index in [4.69, 9.17) is 4.74 Å². The SMILES string of the molecule is CCOC(=O)C(C)c1ncc(Br)c(C)c1C. The van der Waals surface area contributed by atoms with Crippen molar-refractivity contribution in [1.29, 1.82) is 0 Å². The molecule has 1 aromatic rings. The highest BCUT2D eigenvalue weighted by Crippen LogP contribution is 2.25. The van der Waals surface area contributed by atoms with Gasteiger partial charge in [0.25, 0.3) is 0 Å². The van der Waals surface area contributed by atoms with Crippen LogP contribution >= 0.6 is 15.9 Å². The van der Waals surface area contributed by atoms with Gasteiger partial charge in [0, 0.05) is 10.7 Å². The Hall–Kier alpha value is -0.900. The molecule has 0 fully saturated rings. The van der Waals surface area contributed by atoms with Crippen molar-refractivity contribution in [2.24, 2.45) is 0 Å². The first-order valence-corrected chi connectivity index (χ1v) is 6.06. The average molecular weight is 286 g/mol. The van der Waals surface area contributed by atoms with Gasteiger partial charge in [0.2, 0.25) is 0 Å². The van der Waals surface area contributed by atoms with Gasteiger partial charge in [0.05, 0.1) is 18.2 Å². The number of esters is 1. The van der Waals surface area contributed by atoms with E-state index in [1.54, 1.807) is 13.1 Å². The van der Waals surface area contributed by atoms with E-state index in [1.165, 1.54) is 0 Å². The fourth-order valence-corrected chi connectivity index (χ4v) is 1.91. The van der Waals surface area contributed by atoms with Crippen LogP contribution in [0.25, 0.3) is 0 Å².